The standard InChI is InChI=1S/C36H45ClN2O5/c1-24-19-35(32(37)20-28(24)21-39-16-5-4-12-33(39)36(41)42)44-23-27-9-6-10-30(25(27)2)31-11-7-13-34(26(31)3)43-18-8-15-38-17-14-29(40)22-38/h6-7,9-11,13,19-20,29,33,40H,4-5,8,12,14-18,21-23H2,1-3H3,(H,41,42). The maximum Gasteiger partial charge on any atom is 0.320 e. The van der Waals surface area contributed by atoms with Gasteiger partial charge < -0.3 is 24.6 Å². The largest absolute Gasteiger partial charge is 0.493 e. The van der Waals surface area contributed by atoms with E-state index in [-0.39, 0.29) is 6.10 Å². The van der Waals surface area contributed by atoms with E-state index in [4.69, 9.17) is 21.1 Å². The number of aliphatic hydroxyl groups is 1. The molecular weight excluding hydrogens is 576 g/mol. The number of hydrogen-bond donors (Lipinski definition) is 2. The summed E-state index contributed by atoms with van der Waals surface area (Å²) in [5.41, 5.74) is 7.69. The molecule has 2 saturated heterocycles. The van der Waals surface area contributed by atoms with Crippen LogP contribution in [0.15, 0.2) is 48.5 Å². The number of aliphatic hydroxyl groups excluding tert-OH is 1. The van der Waals surface area contributed by atoms with Gasteiger partial charge in [0.05, 0.1) is 17.7 Å². The van der Waals surface area contributed by atoms with Gasteiger partial charge in [-0.25, -0.2) is 0 Å². The summed E-state index contributed by atoms with van der Waals surface area (Å²) in [7, 11) is 0. The molecule has 0 aliphatic carbocycles. The van der Waals surface area contributed by atoms with Crippen molar-refractivity contribution in [3.8, 4) is 22.6 Å². The van der Waals surface area contributed by atoms with Crippen molar-refractivity contribution >= 4 is 17.6 Å². The highest BCUT2D eigenvalue weighted by molar-refractivity contribution is 6.32. The Morgan fingerprint density at radius 3 is 2.45 bits per heavy atom. The molecule has 2 atom stereocenters. The lowest BCUT2D eigenvalue weighted by atomic mass is 9.93. The fraction of sp³-hybridized carbons (Fsp3) is 0.472. The van der Waals surface area contributed by atoms with Gasteiger partial charge in [0, 0.05) is 26.2 Å². The number of aryl methyl sites for hydroxylation is 1. The van der Waals surface area contributed by atoms with Crippen LogP contribution in [0.1, 0.15) is 59.9 Å². The zero-order chi connectivity index (χ0) is 31.2. The molecule has 8 heteroatoms. The van der Waals surface area contributed by atoms with E-state index < -0.39 is 12.0 Å². The Labute approximate surface area is 266 Å². The molecule has 0 bridgehead atoms. The van der Waals surface area contributed by atoms with Gasteiger partial charge in [0.25, 0.3) is 0 Å². The Balaban J connectivity index is 1.23. The third kappa shape index (κ3) is 7.75. The first-order chi connectivity index (χ1) is 21.2. The molecule has 3 aromatic rings. The zero-order valence-electron chi connectivity index (χ0n) is 26.2. The number of likely N-dealkylation sites (tertiary alicyclic amines) is 2. The van der Waals surface area contributed by atoms with Crippen molar-refractivity contribution < 1.29 is 24.5 Å². The Kier molecular flexibility index (Phi) is 10.9. The normalized spacial score (nSPS) is 19.3. The summed E-state index contributed by atoms with van der Waals surface area (Å²) in [5, 5.41) is 19.9. The molecule has 44 heavy (non-hydrogen) atoms. The fourth-order valence-corrected chi connectivity index (χ4v) is 6.73. The topological polar surface area (TPSA) is 82.5 Å². The van der Waals surface area contributed by atoms with Gasteiger partial charge in [0.2, 0.25) is 0 Å². The minimum Gasteiger partial charge on any atom is -0.493 e. The Morgan fingerprint density at radius 1 is 0.932 bits per heavy atom. The maximum absolute atomic E-state index is 11.8. The molecule has 2 heterocycles. The molecule has 3 aromatic carbocycles. The van der Waals surface area contributed by atoms with E-state index >= 15 is 0 Å². The Hall–Kier alpha value is -3.10. The minimum absolute atomic E-state index is 0.189. The van der Waals surface area contributed by atoms with Gasteiger partial charge in [-0.05, 0) is 110 Å². The van der Waals surface area contributed by atoms with Crippen LogP contribution in [0.5, 0.6) is 11.5 Å². The molecule has 2 unspecified atom stereocenters. The lowest BCUT2D eigenvalue weighted by molar-refractivity contribution is -0.144. The second kappa shape index (κ2) is 14.8. The molecule has 0 saturated carbocycles. The molecule has 5 rings (SSSR count). The number of aliphatic carboxylic acids is 1. The van der Waals surface area contributed by atoms with Gasteiger partial charge in [0.15, 0.2) is 0 Å². The molecule has 2 aliphatic heterocycles. The van der Waals surface area contributed by atoms with Crippen molar-refractivity contribution in [3.05, 3.63) is 81.4 Å². The predicted octanol–water partition coefficient (Wildman–Crippen LogP) is 6.79. The summed E-state index contributed by atoms with van der Waals surface area (Å²) >= 11 is 6.70. The van der Waals surface area contributed by atoms with E-state index in [1.54, 1.807) is 0 Å². The van der Waals surface area contributed by atoms with Gasteiger partial charge in [0.1, 0.15) is 24.1 Å². The second-order valence-corrected chi connectivity index (χ2v) is 12.7. The van der Waals surface area contributed by atoms with E-state index in [0.29, 0.717) is 37.0 Å². The molecule has 2 N–H and O–H groups in total. The van der Waals surface area contributed by atoms with Gasteiger partial charge >= 0.3 is 5.97 Å². The molecule has 236 valence electrons. The van der Waals surface area contributed by atoms with Gasteiger partial charge in [-0.2, -0.15) is 0 Å². The summed E-state index contributed by atoms with van der Waals surface area (Å²) in [4.78, 5) is 16.1. The number of rotatable bonds is 12. The van der Waals surface area contributed by atoms with Gasteiger partial charge in [-0.3, -0.25) is 9.69 Å². The molecule has 2 fully saturated rings. The van der Waals surface area contributed by atoms with Gasteiger partial charge in [-0.1, -0.05) is 48.4 Å². The number of carboxylic acids is 1. The smallest absolute Gasteiger partial charge is 0.320 e. The van der Waals surface area contributed by atoms with E-state index in [2.05, 4.69) is 43.0 Å². The van der Waals surface area contributed by atoms with Crippen molar-refractivity contribution in [2.45, 2.75) is 78.2 Å². The third-order valence-electron chi connectivity index (χ3n) is 9.19. The van der Waals surface area contributed by atoms with Crippen LogP contribution in [0.25, 0.3) is 11.1 Å². The quantitative estimate of drug-likeness (QED) is 0.216. The first-order valence-electron chi connectivity index (χ1n) is 15.8. The summed E-state index contributed by atoms with van der Waals surface area (Å²) in [6.07, 6.45) is 4.24. The van der Waals surface area contributed by atoms with Crippen LogP contribution in [0.4, 0.5) is 0 Å². The van der Waals surface area contributed by atoms with Crippen LogP contribution >= 0.6 is 11.6 Å². The Bertz CT molecular complexity index is 1460. The molecule has 7 nitrogen and oxygen atoms in total. The van der Waals surface area contributed by atoms with E-state index in [9.17, 15) is 15.0 Å². The minimum atomic E-state index is -0.754. The summed E-state index contributed by atoms with van der Waals surface area (Å²) in [6, 6.07) is 15.9. The number of halogens is 1. The molecule has 0 aromatic heterocycles. The number of benzene rings is 3. The molecule has 0 amide bonds. The molecular formula is C36H45ClN2O5. The van der Waals surface area contributed by atoms with E-state index in [0.717, 1.165) is 96.6 Å². The fourth-order valence-electron chi connectivity index (χ4n) is 6.49. The number of nitrogens with zero attached hydrogens (tertiary/aromatic N) is 2. The Morgan fingerprint density at radius 2 is 1.70 bits per heavy atom. The van der Waals surface area contributed by atoms with Crippen LogP contribution in [0.2, 0.25) is 5.02 Å². The highest BCUT2D eigenvalue weighted by Crippen LogP contribution is 2.35. The van der Waals surface area contributed by atoms with Crippen LogP contribution in [-0.2, 0) is 17.9 Å². The highest BCUT2D eigenvalue weighted by atomic mass is 35.5. The van der Waals surface area contributed by atoms with Crippen molar-refractivity contribution in [3.63, 3.8) is 0 Å². The highest BCUT2D eigenvalue weighted by Gasteiger charge is 2.29. The van der Waals surface area contributed by atoms with Crippen molar-refractivity contribution in [1.82, 2.24) is 9.80 Å². The molecule has 0 spiro atoms. The summed E-state index contributed by atoms with van der Waals surface area (Å²) < 4.78 is 12.5. The first-order valence-corrected chi connectivity index (χ1v) is 16.2. The predicted molar refractivity (Wildman–Crippen MR) is 175 cm³/mol. The lowest BCUT2D eigenvalue weighted by Gasteiger charge is -2.33. The number of piperidine rings is 1. The second-order valence-electron chi connectivity index (χ2n) is 12.3. The first kappa shape index (κ1) is 32.3. The van der Waals surface area contributed by atoms with E-state index in [1.807, 2.05) is 36.1 Å². The monoisotopic (exact) mass is 620 g/mol. The van der Waals surface area contributed by atoms with E-state index in [1.165, 1.54) is 0 Å². The number of β-amino-alcohol motifs (C(OH)–C–C–N with tert-alkyl or cyclic N) is 1. The van der Waals surface area contributed by atoms with Crippen molar-refractivity contribution in [2.24, 2.45) is 0 Å². The number of ether oxygens (including phenoxy) is 2. The average Bonchev–Trinajstić information content (AvgIpc) is 3.42. The summed E-state index contributed by atoms with van der Waals surface area (Å²) in [5.74, 6) is 0.767. The van der Waals surface area contributed by atoms with Crippen LogP contribution in [0, 0.1) is 20.8 Å². The van der Waals surface area contributed by atoms with Crippen molar-refractivity contribution in [2.75, 3.05) is 32.8 Å². The SMILES string of the molecule is Cc1cc(OCc2cccc(-c3cccc(OCCCN4CCC(O)C4)c3C)c2C)c(Cl)cc1CN1CCCCC1C(=O)O. The number of hydrogen-bond acceptors (Lipinski definition) is 6. The zero-order valence-corrected chi connectivity index (χ0v) is 26.9. The third-order valence-corrected chi connectivity index (χ3v) is 9.49. The molecule has 2 aliphatic rings. The number of carboxylic acid groups (broad SMARTS) is 1. The summed E-state index contributed by atoms with van der Waals surface area (Å²) in [6.45, 7) is 11.3. The maximum atomic E-state index is 11.8. The van der Waals surface area contributed by atoms with Crippen LogP contribution in [0.3, 0.4) is 0 Å². The number of carbonyl (C=O) groups is 1. The van der Waals surface area contributed by atoms with Crippen LogP contribution < -0.4 is 9.47 Å². The van der Waals surface area contributed by atoms with Crippen molar-refractivity contribution in [1.29, 1.82) is 0 Å². The lowest BCUT2D eigenvalue weighted by Crippen LogP contribution is -2.44. The van der Waals surface area contributed by atoms with Crippen LogP contribution in [-0.4, -0.2) is 70.9 Å². The molecule has 0 radical (unpaired) electrons. The van der Waals surface area contributed by atoms with Gasteiger partial charge in [-0.15, -0.1) is 0 Å². The average molecular weight is 621 g/mol.